The lowest BCUT2D eigenvalue weighted by atomic mass is 10.3. The molecule has 6 heteroatoms. The fraction of sp³-hybridized carbons (Fsp3) is 0.875. The van der Waals surface area contributed by atoms with E-state index in [1.165, 1.54) is 0 Å². The van der Waals surface area contributed by atoms with Crippen LogP contribution in [-0.4, -0.2) is 49.3 Å². The summed E-state index contributed by atoms with van der Waals surface area (Å²) in [6.45, 7) is 2.76. The molecule has 1 fully saturated rings. The van der Waals surface area contributed by atoms with Crippen LogP contribution in [0.1, 0.15) is 6.92 Å². The Morgan fingerprint density at radius 1 is 1.71 bits per heavy atom. The summed E-state index contributed by atoms with van der Waals surface area (Å²) >= 11 is 5.68. The van der Waals surface area contributed by atoms with E-state index in [2.05, 4.69) is 0 Å². The van der Waals surface area contributed by atoms with E-state index < -0.39 is 15.2 Å². The molecule has 1 saturated heterocycles. The minimum Gasteiger partial charge on any atom is -0.296 e. The molecule has 0 bridgehead atoms. The summed E-state index contributed by atoms with van der Waals surface area (Å²) in [5.41, 5.74) is 0. The average molecular weight is 237 g/mol. The Bertz CT molecular complexity index is 336. The molecule has 0 amide bonds. The Morgan fingerprint density at radius 3 is 2.86 bits per heavy atom. The molecule has 1 heterocycles. The third-order valence-electron chi connectivity index (χ3n) is 2.34. The van der Waals surface area contributed by atoms with Gasteiger partial charge in [-0.25, -0.2) is 8.42 Å². The van der Waals surface area contributed by atoms with E-state index in [9.17, 15) is 8.42 Å². The van der Waals surface area contributed by atoms with E-state index in [0.717, 1.165) is 0 Å². The highest BCUT2D eigenvalue weighted by Gasteiger charge is 2.28. The predicted molar refractivity (Wildman–Crippen MR) is 54.9 cm³/mol. The fourth-order valence-corrected chi connectivity index (χ4v) is 3.35. The van der Waals surface area contributed by atoms with Gasteiger partial charge in [-0.3, -0.25) is 4.90 Å². The fourth-order valence-electron chi connectivity index (χ4n) is 1.55. The minimum atomic E-state index is -2.88. The van der Waals surface area contributed by atoms with Crippen molar-refractivity contribution in [2.24, 2.45) is 0 Å². The molecular formula is C8H13ClN2O2S. The van der Waals surface area contributed by atoms with E-state index in [1.54, 1.807) is 0 Å². The molecule has 1 rings (SSSR count). The maximum atomic E-state index is 11.2. The normalized spacial score (nSPS) is 29.4. The van der Waals surface area contributed by atoms with Crippen molar-refractivity contribution >= 4 is 21.4 Å². The topological polar surface area (TPSA) is 61.2 Å². The van der Waals surface area contributed by atoms with E-state index in [1.807, 2.05) is 17.9 Å². The van der Waals surface area contributed by atoms with Crippen LogP contribution in [0.25, 0.3) is 0 Å². The maximum absolute atomic E-state index is 11.2. The lowest BCUT2D eigenvalue weighted by Gasteiger charge is -2.33. The zero-order chi connectivity index (χ0) is 10.8. The molecule has 0 aromatic carbocycles. The van der Waals surface area contributed by atoms with Gasteiger partial charge in [-0.15, -0.1) is 11.6 Å². The SMILES string of the molecule is CC1CS(=O)(=O)CCN1CC(Cl)C#N. The summed E-state index contributed by atoms with van der Waals surface area (Å²) < 4.78 is 22.5. The number of sulfone groups is 1. The van der Waals surface area contributed by atoms with Crippen LogP contribution < -0.4 is 0 Å². The molecule has 0 aromatic heterocycles. The molecule has 0 radical (unpaired) electrons. The lowest BCUT2D eigenvalue weighted by Crippen LogP contribution is -2.48. The number of halogens is 1. The van der Waals surface area contributed by atoms with Crippen LogP contribution in [0.3, 0.4) is 0 Å². The molecule has 0 N–H and O–H groups in total. The Balaban J connectivity index is 2.55. The van der Waals surface area contributed by atoms with Gasteiger partial charge in [0.15, 0.2) is 9.84 Å². The molecule has 0 spiro atoms. The standard InChI is InChI=1S/C8H13ClN2O2S/c1-7-6-14(12,13)3-2-11(7)5-8(9)4-10/h7-8H,2-3,5-6H2,1H3. The summed E-state index contributed by atoms with van der Waals surface area (Å²) in [6, 6.07) is 1.89. The second-order valence-corrected chi connectivity index (χ2v) is 6.31. The first-order valence-corrected chi connectivity index (χ1v) is 6.68. The maximum Gasteiger partial charge on any atom is 0.153 e. The number of hydrogen-bond acceptors (Lipinski definition) is 4. The molecule has 14 heavy (non-hydrogen) atoms. The van der Waals surface area contributed by atoms with Crippen LogP contribution >= 0.6 is 11.6 Å². The van der Waals surface area contributed by atoms with Crippen molar-refractivity contribution in [2.45, 2.75) is 18.3 Å². The molecule has 1 aliphatic heterocycles. The van der Waals surface area contributed by atoms with Gasteiger partial charge < -0.3 is 0 Å². The summed E-state index contributed by atoms with van der Waals surface area (Å²) in [5.74, 6) is 0.342. The number of alkyl halides is 1. The van der Waals surface area contributed by atoms with Gasteiger partial charge in [-0.2, -0.15) is 5.26 Å². The predicted octanol–water partition coefficient (Wildman–Crippen LogP) is 0.236. The van der Waals surface area contributed by atoms with Gasteiger partial charge in [-0.05, 0) is 6.92 Å². The van der Waals surface area contributed by atoms with Crippen molar-refractivity contribution in [3.63, 3.8) is 0 Å². The second kappa shape index (κ2) is 4.47. The zero-order valence-electron chi connectivity index (χ0n) is 7.98. The molecule has 80 valence electrons. The highest BCUT2D eigenvalue weighted by atomic mass is 35.5. The number of nitrogens with zero attached hydrogens (tertiary/aromatic N) is 2. The monoisotopic (exact) mass is 236 g/mol. The van der Waals surface area contributed by atoms with Gasteiger partial charge >= 0.3 is 0 Å². The zero-order valence-corrected chi connectivity index (χ0v) is 9.55. The molecule has 0 aromatic rings. The van der Waals surface area contributed by atoms with Gasteiger partial charge in [0.2, 0.25) is 0 Å². The number of hydrogen-bond donors (Lipinski definition) is 0. The third-order valence-corrected chi connectivity index (χ3v) is 4.37. The Morgan fingerprint density at radius 2 is 2.36 bits per heavy atom. The van der Waals surface area contributed by atoms with Crippen molar-refractivity contribution in [3.05, 3.63) is 0 Å². The lowest BCUT2D eigenvalue weighted by molar-refractivity contribution is 0.233. The van der Waals surface area contributed by atoms with Gasteiger partial charge in [0.1, 0.15) is 5.38 Å². The van der Waals surface area contributed by atoms with Crippen LogP contribution in [0, 0.1) is 11.3 Å². The molecule has 1 aliphatic rings. The van der Waals surface area contributed by atoms with Crippen LogP contribution in [0.5, 0.6) is 0 Å². The highest BCUT2D eigenvalue weighted by molar-refractivity contribution is 7.91. The number of nitriles is 1. The molecule has 4 nitrogen and oxygen atoms in total. The van der Waals surface area contributed by atoms with Crippen molar-refractivity contribution in [1.82, 2.24) is 4.90 Å². The van der Waals surface area contributed by atoms with Crippen molar-refractivity contribution < 1.29 is 8.42 Å². The van der Waals surface area contributed by atoms with Crippen LogP contribution in [0.2, 0.25) is 0 Å². The van der Waals surface area contributed by atoms with Gasteiger partial charge in [-0.1, -0.05) is 0 Å². The van der Waals surface area contributed by atoms with Crippen molar-refractivity contribution in [3.8, 4) is 6.07 Å². The Labute approximate surface area is 89.4 Å². The van der Waals surface area contributed by atoms with Crippen molar-refractivity contribution in [1.29, 1.82) is 5.26 Å². The average Bonchev–Trinajstić information content (AvgIpc) is 2.09. The second-order valence-electron chi connectivity index (χ2n) is 3.55. The summed E-state index contributed by atoms with van der Waals surface area (Å²) in [6.07, 6.45) is 0. The molecule has 2 unspecified atom stereocenters. The number of rotatable bonds is 2. The summed E-state index contributed by atoms with van der Waals surface area (Å²) in [5, 5.41) is 7.97. The first-order valence-electron chi connectivity index (χ1n) is 4.43. The third kappa shape index (κ3) is 3.12. The van der Waals surface area contributed by atoms with Gasteiger partial charge in [0.05, 0.1) is 17.6 Å². The molecular weight excluding hydrogens is 224 g/mol. The van der Waals surface area contributed by atoms with E-state index >= 15 is 0 Å². The van der Waals surface area contributed by atoms with Crippen LogP contribution in [-0.2, 0) is 9.84 Å². The molecule has 2 atom stereocenters. The quantitative estimate of drug-likeness (QED) is 0.645. The Kier molecular flexibility index (Phi) is 3.76. The summed E-state index contributed by atoms with van der Waals surface area (Å²) in [4.78, 5) is 1.95. The molecule has 0 aliphatic carbocycles. The molecule has 0 saturated carbocycles. The van der Waals surface area contributed by atoms with Crippen molar-refractivity contribution in [2.75, 3.05) is 24.6 Å². The van der Waals surface area contributed by atoms with Gasteiger partial charge in [0.25, 0.3) is 0 Å². The first-order chi connectivity index (χ1) is 6.44. The minimum absolute atomic E-state index is 0.0386. The first kappa shape index (κ1) is 11.8. The smallest absolute Gasteiger partial charge is 0.153 e. The summed E-state index contributed by atoms with van der Waals surface area (Å²) in [7, 11) is -2.88. The van der Waals surface area contributed by atoms with E-state index in [-0.39, 0.29) is 17.5 Å². The van der Waals surface area contributed by atoms with Crippen LogP contribution in [0.15, 0.2) is 0 Å². The van der Waals surface area contributed by atoms with Crippen LogP contribution in [0.4, 0.5) is 0 Å². The Hall–Kier alpha value is -0.310. The van der Waals surface area contributed by atoms with E-state index in [0.29, 0.717) is 13.1 Å². The largest absolute Gasteiger partial charge is 0.296 e. The highest BCUT2D eigenvalue weighted by Crippen LogP contribution is 2.12. The van der Waals surface area contributed by atoms with Gasteiger partial charge in [0, 0.05) is 19.1 Å². The van der Waals surface area contributed by atoms with E-state index in [4.69, 9.17) is 16.9 Å².